The average molecular weight is 334 g/mol. The van der Waals surface area contributed by atoms with E-state index in [9.17, 15) is 4.79 Å². The number of rotatable bonds is 3. The standard InChI is InChI=1S/C15H16BrN3O/c1-15(17,10-5-6-10)14(20)19-12-4-2-3-9-7-11(16)8-18-13(9)12/h2-4,7-8,10H,5-6,17H2,1H3,(H,19,20). The minimum absolute atomic E-state index is 0.141. The fourth-order valence-electron chi connectivity index (χ4n) is 2.36. The molecule has 0 aliphatic heterocycles. The van der Waals surface area contributed by atoms with Gasteiger partial charge in [0.2, 0.25) is 5.91 Å². The number of para-hydroxylation sites is 1. The summed E-state index contributed by atoms with van der Waals surface area (Å²) in [6.07, 6.45) is 3.78. The number of fused-ring (bicyclic) bond motifs is 1. The SMILES string of the molecule is CC(N)(C(=O)Nc1cccc2cc(Br)cnc12)C1CC1. The Hall–Kier alpha value is -1.46. The monoisotopic (exact) mass is 333 g/mol. The third kappa shape index (κ3) is 2.43. The zero-order chi connectivity index (χ0) is 14.3. The fourth-order valence-corrected chi connectivity index (χ4v) is 2.71. The number of hydrogen-bond acceptors (Lipinski definition) is 3. The Morgan fingerprint density at radius 1 is 1.50 bits per heavy atom. The van der Waals surface area contributed by atoms with Gasteiger partial charge in [-0.25, -0.2) is 0 Å². The number of hydrogen-bond donors (Lipinski definition) is 2. The summed E-state index contributed by atoms with van der Waals surface area (Å²) in [6, 6.07) is 7.69. The summed E-state index contributed by atoms with van der Waals surface area (Å²) in [5.74, 6) is 0.150. The van der Waals surface area contributed by atoms with Gasteiger partial charge in [-0.05, 0) is 53.7 Å². The van der Waals surface area contributed by atoms with Crippen molar-refractivity contribution in [3.8, 4) is 0 Å². The van der Waals surface area contributed by atoms with Crippen LogP contribution in [0.4, 0.5) is 5.69 Å². The molecule has 1 aliphatic carbocycles. The highest BCUT2D eigenvalue weighted by atomic mass is 79.9. The maximum Gasteiger partial charge on any atom is 0.244 e. The number of nitrogens with two attached hydrogens (primary N) is 1. The highest BCUT2D eigenvalue weighted by molar-refractivity contribution is 9.10. The number of nitrogens with one attached hydrogen (secondary N) is 1. The summed E-state index contributed by atoms with van der Waals surface area (Å²) in [4.78, 5) is 16.7. The molecule has 3 rings (SSSR count). The number of nitrogens with zero attached hydrogens (tertiary/aromatic N) is 1. The van der Waals surface area contributed by atoms with E-state index in [1.165, 1.54) is 0 Å². The molecule has 0 saturated heterocycles. The van der Waals surface area contributed by atoms with E-state index in [4.69, 9.17) is 5.73 Å². The molecule has 5 heteroatoms. The van der Waals surface area contributed by atoms with Crippen molar-refractivity contribution in [1.29, 1.82) is 0 Å². The van der Waals surface area contributed by atoms with Crippen molar-refractivity contribution in [2.45, 2.75) is 25.3 Å². The molecule has 1 amide bonds. The Labute approximate surface area is 125 Å². The second kappa shape index (κ2) is 4.82. The lowest BCUT2D eigenvalue weighted by Gasteiger charge is -2.23. The fraction of sp³-hybridized carbons (Fsp3) is 0.333. The van der Waals surface area contributed by atoms with Crippen molar-refractivity contribution >= 4 is 38.4 Å². The van der Waals surface area contributed by atoms with E-state index in [1.807, 2.05) is 24.3 Å². The van der Waals surface area contributed by atoms with Crippen LogP contribution in [0.1, 0.15) is 19.8 Å². The molecule has 1 unspecified atom stereocenters. The Bertz CT molecular complexity index is 680. The van der Waals surface area contributed by atoms with E-state index in [-0.39, 0.29) is 5.91 Å². The summed E-state index contributed by atoms with van der Waals surface area (Å²) in [7, 11) is 0. The van der Waals surface area contributed by atoms with Crippen LogP contribution in [0.5, 0.6) is 0 Å². The second-order valence-corrected chi connectivity index (χ2v) is 6.46. The van der Waals surface area contributed by atoms with Crippen molar-refractivity contribution < 1.29 is 4.79 Å². The highest BCUT2D eigenvalue weighted by Crippen LogP contribution is 2.38. The number of carbonyl (C=O) groups is 1. The smallest absolute Gasteiger partial charge is 0.244 e. The maximum atomic E-state index is 12.4. The molecular weight excluding hydrogens is 318 g/mol. The first-order valence-electron chi connectivity index (χ1n) is 6.63. The largest absolute Gasteiger partial charge is 0.323 e. The van der Waals surface area contributed by atoms with Crippen LogP contribution >= 0.6 is 15.9 Å². The minimum Gasteiger partial charge on any atom is -0.323 e. The molecular formula is C15H16BrN3O. The van der Waals surface area contributed by atoms with Crippen molar-refractivity contribution in [1.82, 2.24) is 4.98 Å². The summed E-state index contributed by atoms with van der Waals surface area (Å²) in [5.41, 5.74) is 6.81. The summed E-state index contributed by atoms with van der Waals surface area (Å²) in [5, 5.41) is 3.90. The lowest BCUT2D eigenvalue weighted by atomic mass is 9.96. The lowest BCUT2D eigenvalue weighted by Crippen LogP contribution is -2.50. The van der Waals surface area contributed by atoms with Crippen molar-refractivity contribution in [3.63, 3.8) is 0 Å². The number of benzene rings is 1. The quantitative estimate of drug-likeness (QED) is 0.906. The van der Waals surface area contributed by atoms with Crippen LogP contribution in [0.3, 0.4) is 0 Å². The first-order chi connectivity index (χ1) is 9.48. The summed E-state index contributed by atoms with van der Waals surface area (Å²) >= 11 is 3.40. The van der Waals surface area contributed by atoms with Crippen molar-refractivity contribution in [3.05, 3.63) is 34.9 Å². The van der Waals surface area contributed by atoms with Crippen molar-refractivity contribution in [2.24, 2.45) is 11.7 Å². The molecule has 1 heterocycles. The normalized spacial score (nSPS) is 17.8. The van der Waals surface area contributed by atoms with E-state index in [0.29, 0.717) is 11.6 Å². The molecule has 0 radical (unpaired) electrons. The molecule has 3 N–H and O–H groups in total. The van der Waals surface area contributed by atoms with E-state index in [1.54, 1.807) is 13.1 Å². The van der Waals surface area contributed by atoms with Crippen LogP contribution in [0.25, 0.3) is 10.9 Å². The molecule has 1 aromatic carbocycles. The van der Waals surface area contributed by atoms with Gasteiger partial charge in [0.1, 0.15) is 0 Å². The molecule has 1 saturated carbocycles. The number of pyridine rings is 1. The molecule has 1 atom stereocenters. The van der Waals surface area contributed by atoms with Crippen LogP contribution < -0.4 is 11.1 Å². The Kier molecular flexibility index (Phi) is 3.26. The van der Waals surface area contributed by atoms with Gasteiger partial charge in [0.05, 0.1) is 16.7 Å². The minimum atomic E-state index is -0.808. The Morgan fingerprint density at radius 3 is 2.95 bits per heavy atom. The summed E-state index contributed by atoms with van der Waals surface area (Å²) < 4.78 is 0.912. The zero-order valence-corrected chi connectivity index (χ0v) is 12.8. The van der Waals surface area contributed by atoms with Gasteiger partial charge in [-0.1, -0.05) is 12.1 Å². The van der Waals surface area contributed by atoms with Gasteiger partial charge in [-0.3, -0.25) is 9.78 Å². The van der Waals surface area contributed by atoms with Gasteiger partial charge < -0.3 is 11.1 Å². The van der Waals surface area contributed by atoms with E-state index >= 15 is 0 Å². The first-order valence-corrected chi connectivity index (χ1v) is 7.42. The van der Waals surface area contributed by atoms with Crippen LogP contribution in [0.15, 0.2) is 34.9 Å². The molecule has 104 valence electrons. The number of amides is 1. The van der Waals surface area contributed by atoms with Crippen LogP contribution in [-0.4, -0.2) is 16.4 Å². The zero-order valence-electron chi connectivity index (χ0n) is 11.2. The third-order valence-corrected chi connectivity index (χ3v) is 4.27. The molecule has 4 nitrogen and oxygen atoms in total. The van der Waals surface area contributed by atoms with Gasteiger partial charge >= 0.3 is 0 Å². The Balaban J connectivity index is 1.93. The Morgan fingerprint density at radius 2 is 2.25 bits per heavy atom. The number of carbonyl (C=O) groups excluding carboxylic acids is 1. The van der Waals surface area contributed by atoms with Crippen molar-refractivity contribution in [2.75, 3.05) is 5.32 Å². The molecule has 1 fully saturated rings. The topological polar surface area (TPSA) is 68.0 Å². The van der Waals surface area contributed by atoms with Gasteiger partial charge in [-0.2, -0.15) is 0 Å². The van der Waals surface area contributed by atoms with E-state index in [0.717, 1.165) is 28.2 Å². The summed E-state index contributed by atoms with van der Waals surface area (Å²) in [6.45, 7) is 1.80. The van der Waals surface area contributed by atoms with E-state index in [2.05, 4.69) is 26.2 Å². The van der Waals surface area contributed by atoms with Crippen LogP contribution in [0.2, 0.25) is 0 Å². The number of anilines is 1. The molecule has 2 aromatic rings. The van der Waals surface area contributed by atoms with Crippen LogP contribution in [0, 0.1) is 5.92 Å². The molecule has 1 aliphatic rings. The van der Waals surface area contributed by atoms with E-state index < -0.39 is 5.54 Å². The van der Waals surface area contributed by atoms with Gasteiger partial charge in [0.25, 0.3) is 0 Å². The van der Waals surface area contributed by atoms with Gasteiger partial charge in [0.15, 0.2) is 0 Å². The van der Waals surface area contributed by atoms with Crippen LogP contribution in [-0.2, 0) is 4.79 Å². The average Bonchev–Trinajstić information content (AvgIpc) is 3.23. The molecule has 1 aromatic heterocycles. The number of aromatic nitrogens is 1. The molecule has 0 spiro atoms. The van der Waals surface area contributed by atoms with Gasteiger partial charge in [0, 0.05) is 16.1 Å². The number of halogens is 1. The molecule has 20 heavy (non-hydrogen) atoms. The second-order valence-electron chi connectivity index (χ2n) is 5.54. The lowest BCUT2D eigenvalue weighted by molar-refractivity contribution is -0.121. The predicted octanol–water partition coefficient (Wildman–Crippen LogP) is 3.06. The molecule has 0 bridgehead atoms. The first kappa shape index (κ1) is 13.5. The predicted molar refractivity (Wildman–Crippen MR) is 83.4 cm³/mol. The highest BCUT2D eigenvalue weighted by Gasteiger charge is 2.44. The third-order valence-electron chi connectivity index (χ3n) is 3.84. The van der Waals surface area contributed by atoms with Gasteiger partial charge in [-0.15, -0.1) is 0 Å². The maximum absolute atomic E-state index is 12.4.